The molecule has 27 heavy (non-hydrogen) atoms. The van der Waals surface area contributed by atoms with Crippen LogP contribution in [0.5, 0.6) is 17.2 Å². The molecule has 0 saturated carbocycles. The van der Waals surface area contributed by atoms with E-state index in [2.05, 4.69) is 22.2 Å². The molecule has 0 atom stereocenters. The number of thiocarbonyl (C=S) groups is 1. The maximum Gasteiger partial charge on any atom is 0.252 e. The smallest absolute Gasteiger partial charge is 0.252 e. The Labute approximate surface area is 157 Å². The van der Waals surface area contributed by atoms with Gasteiger partial charge in [-0.05, 0) is 24.4 Å². The van der Waals surface area contributed by atoms with Crippen molar-refractivity contribution >= 4 is 39.9 Å². The van der Waals surface area contributed by atoms with Gasteiger partial charge >= 0.3 is 0 Å². The topological polar surface area (TPSA) is 86.8 Å². The van der Waals surface area contributed by atoms with Crippen LogP contribution in [-0.4, -0.2) is 23.2 Å². The molecular weight excluding hydrogens is 376 g/mol. The highest BCUT2D eigenvalue weighted by molar-refractivity contribution is 7.78. The van der Waals surface area contributed by atoms with Gasteiger partial charge in [0, 0.05) is 29.8 Å². The summed E-state index contributed by atoms with van der Waals surface area (Å²) in [6, 6.07) is 6.36. The fraction of sp³-hybridized carbons (Fsp3) is 0.0556. The maximum atomic E-state index is 14.0. The molecule has 0 fully saturated rings. The lowest BCUT2D eigenvalue weighted by Gasteiger charge is -2.12. The number of primary amides is 1. The number of pyridine rings is 1. The van der Waals surface area contributed by atoms with Gasteiger partial charge in [-0.1, -0.05) is 0 Å². The molecule has 0 aliphatic heterocycles. The molecule has 2 aromatic carbocycles. The number of isothiocyanates is 1. The molecule has 136 valence electrons. The first-order valence-corrected chi connectivity index (χ1v) is 7.86. The van der Waals surface area contributed by atoms with Crippen LogP contribution >= 0.6 is 12.2 Å². The molecule has 1 aromatic heterocycles. The Balaban J connectivity index is 2.11. The van der Waals surface area contributed by atoms with E-state index in [1.807, 2.05) is 5.16 Å². The van der Waals surface area contributed by atoms with Gasteiger partial charge in [0.15, 0.2) is 11.6 Å². The summed E-state index contributed by atoms with van der Waals surface area (Å²) in [5, 5.41) is 2.32. The van der Waals surface area contributed by atoms with Crippen molar-refractivity contribution in [3.63, 3.8) is 0 Å². The normalized spacial score (nSPS) is 10.3. The molecule has 0 radical (unpaired) electrons. The van der Waals surface area contributed by atoms with Crippen molar-refractivity contribution < 1.29 is 23.0 Å². The number of benzene rings is 2. The Bertz CT molecular complexity index is 1090. The molecule has 0 spiro atoms. The molecule has 3 rings (SSSR count). The lowest BCUT2D eigenvalue weighted by Crippen LogP contribution is -2.12. The summed E-state index contributed by atoms with van der Waals surface area (Å²) in [5.74, 6) is -2.27. The number of nitrogens with zero attached hydrogens (tertiary/aromatic N) is 2. The number of aliphatic imine (C=N–C) groups is 1. The molecule has 6 nitrogen and oxygen atoms in total. The van der Waals surface area contributed by atoms with Crippen LogP contribution in [0.3, 0.4) is 0 Å². The number of ether oxygens (including phenoxy) is 2. The average molecular weight is 387 g/mol. The maximum absolute atomic E-state index is 14.0. The van der Waals surface area contributed by atoms with Crippen molar-refractivity contribution in [2.45, 2.75) is 0 Å². The van der Waals surface area contributed by atoms with E-state index in [-0.39, 0.29) is 22.8 Å². The van der Waals surface area contributed by atoms with Gasteiger partial charge in [0.05, 0.1) is 23.4 Å². The van der Waals surface area contributed by atoms with Gasteiger partial charge < -0.3 is 15.2 Å². The predicted octanol–water partition coefficient (Wildman–Crippen LogP) is 4.15. The summed E-state index contributed by atoms with van der Waals surface area (Å²) < 4.78 is 38.7. The van der Waals surface area contributed by atoms with Crippen molar-refractivity contribution in [2.24, 2.45) is 10.7 Å². The summed E-state index contributed by atoms with van der Waals surface area (Å²) in [6.45, 7) is 0. The van der Waals surface area contributed by atoms with Gasteiger partial charge in [0.2, 0.25) is 0 Å². The highest BCUT2D eigenvalue weighted by atomic mass is 32.1. The molecule has 0 aliphatic rings. The van der Waals surface area contributed by atoms with Crippen LogP contribution in [-0.2, 0) is 0 Å². The third-order valence-electron chi connectivity index (χ3n) is 3.66. The number of nitrogens with two attached hydrogens (primary N) is 1. The SMILES string of the molecule is COc1cc2nccc(Oc3cc(F)c(N=C=S)c(F)c3)c2cc1C(N)=O. The van der Waals surface area contributed by atoms with Gasteiger partial charge in [0.25, 0.3) is 5.91 Å². The molecule has 0 bridgehead atoms. The number of aromatic nitrogens is 1. The number of carbonyl (C=O) groups excluding carboxylic acids is 1. The van der Waals surface area contributed by atoms with Crippen molar-refractivity contribution in [1.82, 2.24) is 4.98 Å². The van der Waals surface area contributed by atoms with E-state index < -0.39 is 23.2 Å². The summed E-state index contributed by atoms with van der Waals surface area (Å²) in [5.41, 5.74) is 5.37. The number of hydrogen-bond donors (Lipinski definition) is 1. The van der Waals surface area contributed by atoms with Gasteiger partial charge in [-0.2, -0.15) is 4.99 Å². The number of fused-ring (bicyclic) bond motifs is 1. The van der Waals surface area contributed by atoms with Crippen LogP contribution in [0.25, 0.3) is 10.9 Å². The summed E-state index contributed by atoms with van der Waals surface area (Å²) in [4.78, 5) is 19.1. The van der Waals surface area contributed by atoms with Crippen molar-refractivity contribution in [3.05, 3.63) is 53.7 Å². The predicted molar refractivity (Wildman–Crippen MR) is 97.9 cm³/mol. The van der Waals surface area contributed by atoms with E-state index in [4.69, 9.17) is 15.2 Å². The Morgan fingerprint density at radius 1 is 1.22 bits per heavy atom. The molecule has 0 unspecified atom stereocenters. The Kier molecular flexibility index (Phi) is 5.07. The molecule has 1 heterocycles. The van der Waals surface area contributed by atoms with Crippen molar-refractivity contribution in [2.75, 3.05) is 7.11 Å². The van der Waals surface area contributed by atoms with Crippen LogP contribution < -0.4 is 15.2 Å². The molecule has 9 heteroatoms. The molecular formula is C18H11F2N3O3S. The van der Waals surface area contributed by atoms with E-state index in [1.165, 1.54) is 31.5 Å². The molecule has 0 aliphatic carbocycles. The number of amides is 1. The standard InChI is InChI=1S/C18H11F2N3O3S/c1-25-16-7-14-10(6-11(16)18(21)24)15(2-3-22-14)26-9-4-12(19)17(23-8-27)13(20)5-9/h2-7H,1H3,(H2,21,24). The molecule has 3 aromatic rings. The van der Waals surface area contributed by atoms with Crippen LogP contribution in [0.4, 0.5) is 14.5 Å². The van der Waals surface area contributed by atoms with E-state index in [9.17, 15) is 13.6 Å². The number of methoxy groups -OCH3 is 1. The molecule has 2 N–H and O–H groups in total. The second kappa shape index (κ2) is 7.45. The molecule has 1 amide bonds. The first kappa shape index (κ1) is 18.4. The van der Waals surface area contributed by atoms with Crippen LogP contribution in [0, 0.1) is 11.6 Å². The number of carbonyl (C=O) groups is 1. The zero-order chi connectivity index (χ0) is 19.6. The van der Waals surface area contributed by atoms with Crippen molar-refractivity contribution in [3.8, 4) is 17.2 Å². The van der Waals surface area contributed by atoms with Crippen LogP contribution in [0.15, 0.2) is 41.5 Å². The quantitative estimate of drug-likeness (QED) is 0.525. The Hall–Kier alpha value is -3.42. The number of halogens is 2. The highest BCUT2D eigenvalue weighted by Crippen LogP contribution is 2.35. The van der Waals surface area contributed by atoms with Crippen molar-refractivity contribution in [1.29, 1.82) is 0 Å². The fourth-order valence-corrected chi connectivity index (χ4v) is 2.57. The monoisotopic (exact) mass is 387 g/mol. The minimum absolute atomic E-state index is 0.114. The Morgan fingerprint density at radius 3 is 2.52 bits per heavy atom. The minimum atomic E-state index is -0.958. The third-order valence-corrected chi connectivity index (χ3v) is 3.76. The molecule has 0 saturated heterocycles. The summed E-state index contributed by atoms with van der Waals surface area (Å²) >= 11 is 4.36. The highest BCUT2D eigenvalue weighted by Gasteiger charge is 2.16. The zero-order valence-electron chi connectivity index (χ0n) is 13.8. The van der Waals surface area contributed by atoms with Crippen LogP contribution in [0.2, 0.25) is 0 Å². The van der Waals surface area contributed by atoms with Gasteiger partial charge in [-0.3, -0.25) is 9.78 Å². The first-order chi connectivity index (χ1) is 12.9. The summed E-state index contributed by atoms with van der Waals surface area (Å²) in [7, 11) is 1.39. The average Bonchev–Trinajstić information content (AvgIpc) is 2.63. The van der Waals surface area contributed by atoms with Gasteiger partial charge in [-0.15, -0.1) is 0 Å². The first-order valence-electron chi connectivity index (χ1n) is 7.46. The number of rotatable bonds is 5. The van der Waals surface area contributed by atoms with E-state index in [0.29, 0.717) is 10.9 Å². The largest absolute Gasteiger partial charge is 0.496 e. The zero-order valence-corrected chi connectivity index (χ0v) is 14.6. The lowest BCUT2D eigenvalue weighted by atomic mass is 10.1. The van der Waals surface area contributed by atoms with Gasteiger partial charge in [-0.25, -0.2) is 8.78 Å². The fourth-order valence-electron chi connectivity index (χ4n) is 2.48. The second-order valence-electron chi connectivity index (χ2n) is 5.28. The van der Waals surface area contributed by atoms with Crippen LogP contribution in [0.1, 0.15) is 10.4 Å². The van der Waals surface area contributed by atoms with E-state index in [1.54, 1.807) is 0 Å². The third kappa shape index (κ3) is 3.59. The second-order valence-corrected chi connectivity index (χ2v) is 5.47. The Morgan fingerprint density at radius 2 is 1.93 bits per heavy atom. The van der Waals surface area contributed by atoms with E-state index in [0.717, 1.165) is 12.1 Å². The summed E-state index contributed by atoms with van der Waals surface area (Å²) in [6.07, 6.45) is 1.44. The minimum Gasteiger partial charge on any atom is -0.496 e. The number of hydrogen-bond acceptors (Lipinski definition) is 6. The van der Waals surface area contributed by atoms with E-state index >= 15 is 0 Å². The lowest BCUT2D eigenvalue weighted by molar-refractivity contribution is 0.0997. The van der Waals surface area contributed by atoms with Gasteiger partial charge in [0.1, 0.15) is 22.9 Å².